The molecule has 0 aliphatic heterocycles. The van der Waals surface area contributed by atoms with Crippen molar-refractivity contribution in [2.75, 3.05) is 0 Å². The van der Waals surface area contributed by atoms with E-state index in [-0.39, 0.29) is 0 Å². The summed E-state index contributed by atoms with van der Waals surface area (Å²) in [6.45, 7) is 3.92. The number of hydrogen-bond acceptors (Lipinski definition) is 1. The van der Waals surface area contributed by atoms with E-state index in [2.05, 4.69) is 47.1 Å². The lowest BCUT2D eigenvalue weighted by Crippen LogP contribution is -2.24. The second kappa shape index (κ2) is 5.25. The van der Waals surface area contributed by atoms with Crippen molar-refractivity contribution in [3.8, 4) is 0 Å². The molecule has 0 bridgehead atoms. The highest BCUT2D eigenvalue weighted by atomic mass is 79.9. The Hall–Kier alpha value is -1.12. The van der Waals surface area contributed by atoms with Crippen LogP contribution in [-0.2, 0) is 12.0 Å². The standard InChI is InChI=1S/C16H17BrO/c1-12-7-9-13(10-8-12)11-16(2,18)14-5-3-4-6-15(14)17/h3-10,18H,11H2,1-2H3. The monoisotopic (exact) mass is 304 g/mol. The van der Waals surface area contributed by atoms with Crippen LogP contribution >= 0.6 is 15.9 Å². The number of halogens is 1. The fourth-order valence-corrected chi connectivity index (χ4v) is 2.81. The predicted octanol–water partition coefficient (Wildman–Crippen LogP) is 4.21. The first-order valence-electron chi connectivity index (χ1n) is 6.02. The molecule has 2 aromatic carbocycles. The average molecular weight is 305 g/mol. The van der Waals surface area contributed by atoms with E-state index in [4.69, 9.17) is 0 Å². The third-order valence-electron chi connectivity index (χ3n) is 3.12. The predicted molar refractivity (Wildman–Crippen MR) is 78.6 cm³/mol. The Labute approximate surface area is 117 Å². The van der Waals surface area contributed by atoms with Crippen LogP contribution in [0.4, 0.5) is 0 Å². The van der Waals surface area contributed by atoms with E-state index in [1.807, 2.05) is 31.2 Å². The molecule has 0 saturated heterocycles. The molecule has 18 heavy (non-hydrogen) atoms. The smallest absolute Gasteiger partial charge is 0.0919 e. The Morgan fingerprint density at radius 3 is 2.28 bits per heavy atom. The van der Waals surface area contributed by atoms with Crippen LogP contribution in [-0.4, -0.2) is 5.11 Å². The van der Waals surface area contributed by atoms with Crippen molar-refractivity contribution < 1.29 is 5.11 Å². The zero-order valence-electron chi connectivity index (χ0n) is 10.7. The summed E-state index contributed by atoms with van der Waals surface area (Å²) in [4.78, 5) is 0. The summed E-state index contributed by atoms with van der Waals surface area (Å²) in [6, 6.07) is 16.1. The molecule has 1 atom stereocenters. The van der Waals surface area contributed by atoms with Crippen LogP contribution in [0.5, 0.6) is 0 Å². The molecule has 0 fully saturated rings. The molecule has 0 aromatic heterocycles. The molecule has 1 unspecified atom stereocenters. The molecule has 2 rings (SSSR count). The first-order valence-corrected chi connectivity index (χ1v) is 6.81. The van der Waals surface area contributed by atoms with Crippen LogP contribution in [0.25, 0.3) is 0 Å². The van der Waals surface area contributed by atoms with Crippen LogP contribution < -0.4 is 0 Å². The summed E-state index contributed by atoms with van der Waals surface area (Å²) in [7, 11) is 0. The van der Waals surface area contributed by atoms with E-state index < -0.39 is 5.60 Å². The Morgan fingerprint density at radius 2 is 1.67 bits per heavy atom. The molecule has 94 valence electrons. The van der Waals surface area contributed by atoms with E-state index in [0.29, 0.717) is 6.42 Å². The third kappa shape index (κ3) is 3.01. The quantitative estimate of drug-likeness (QED) is 0.900. The van der Waals surface area contributed by atoms with Crippen molar-refractivity contribution in [3.05, 3.63) is 69.7 Å². The van der Waals surface area contributed by atoms with Crippen LogP contribution in [0.3, 0.4) is 0 Å². The zero-order chi connectivity index (χ0) is 13.2. The van der Waals surface area contributed by atoms with Crippen LogP contribution in [0.2, 0.25) is 0 Å². The first-order chi connectivity index (χ1) is 8.49. The van der Waals surface area contributed by atoms with Crippen molar-refractivity contribution >= 4 is 15.9 Å². The van der Waals surface area contributed by atoms with Crippen molar-refractivity contribution in [2.45, 2.75) is 25.9 Å². The van der Waals surface area contributed by atoms with Gasteiger partial charge >= 0.3 is 0 Å². The minimum absolute atomic E-state index is 0.607. The van der Waals surface area contributed by atoms with Gasteiger partial charge in [-0.1, -0.05) is 64.0 Å². The molecule has 0 heterocycles. The van der Waals surface area contributed by atoms with Gasteiger partial charge in [0.25, 0.3) is 0 Å². The van der Waals surface area contributed by atoms with E-state index in [9.17, 15) is 5.11 Å². The van der Waals surface area contributed by atoms with Gasteiger partial charge in [0.05, 0.1) is 5.60 Å². The lowest BCUT2D eigenvalue weighted by molar-refractivity contribution is 0.0569. The highest BCUT2D eigenvalue weighted by Gasteiger charge is 2.25. The Bertz CT molecular complexity index is 529. The van der Waals surface area contributed by atoms with Gasteiger partial charge in [-0.2, -0.15) is 0 Å². The van der Waals surface area contributed by atoms with Gasteiger partial charge in [0.1, 0.15) is 0 Å². The molecule has 2 heteroatoms. The van der Waals surface area contributed by atoms with Gasteiger partial charge in [-0.15, -0.1) is 0 Å². The Kier molecular flexibility index (Phi) is 3.88. The van der Waals surface area contributed by atoms with Gasteiger partial charge < -0.3 is 5.11 Å². The van der Waals surface area contributed by atoms with Gasteiger partial charge in [0.15, 0.2) is 0 Å². The third-order valence-corrected chi connectivity index (χ3v) is 3.81. The highest BCUT2D eigenvalue weighted by molar-refractivity contribution is 9.10. The molecular formula is C16H17BrO. The molecule has 2 aromatic rings. The van der Waals surface area contributed by atoms with Crippen LogP contribution in [0, 0.1) is 6.92 Å². The maximum absolute atomic E-state index is 10.7. The van der Waals surface area contributed by atoms with Gasteiger partial charge in [0.2, 0.25) is 0 Å². The first kappa shape index (κ1) is 13.3. The summed E-state index contributed by atoms with van der Waals surface area (Å²) >= 11 is 3.50. The molecule has 1 N–H and O–H groups in total. The lowest BCUT2D eigenvalue weighted by atomic mass is 9.89. The Morgan fingerprint density at radius 1 is 1.06 bits per heavy atom. The average Bonchev–Trinajstić information content (AvgIpc) is 2.32. The van der Waals surface area contributed by atoms with Gasteiger partial charge in [-0.05, 0) is 31.0 Å². The summed E-state index contributed by atoms with van der Waals surface area (Å²) < 4.78 is 0.946. The van der Waals surface area contributed by atoms with Crippen molar-refractivity contribution in [2.24, 2.45) is 0 Å². The van der Waals surface area contributed by atoms with Crippen molar-refractivity contribution in [3.63, 3.8) is 0 Å². The maximum Gasteiger partial charge on any atom is 0.0919 e. The summed E-state index contributed by atoms with van der Waals surface area (Å²) in [5.41, 5.74) is 2.43. The summed E-state index contributed by atoms with van der Waals surface area (Å²) in [6.07, 6.45) is 0.607. The molecule has 0 aliphatic rings. The second-order valence-electron chi connectivity index (χ2n) is 4.92. The topological polar surface area (TPSA) is 20.2 Å². The van der Waals surface area contributed by atoms with Crippen LogP contribution in [0.1, 0.15) is 23.6 Å². The highest BCUT2D eigenvalue weighted by Crippen LogP contribution is 2.31. The SMILES string of the molecule is Cc1ccc(CC(C)(O)c2ccccc2Br)cc1. The molecule has 0 radical (unpaired) electrons. The van der Waals surface area contributed by atoms with Crippen molar-refractivity contribution in [1.82, 2.24) is 0 Å². The molecule has 1 nitrogen and oxygen atoms in total. The normalized spacial score (nSPS) is 14.2. The minimum atomic E-state index is -0.866. The number of rotatable bonds is 3. The largest absolute Gasteiger partial charge is 0.385 e. The lowest BCUT2D eigenvalue weighted by Gasteiger charge is -2.25. The number of benzene rings is 2. The molecule has 0 saturated carbocycles. The Balaban J connectivity index is 2.27. The maximum atomic E-state index is 10.7. The number of hydrogen-bond donors (Lipinski definition) is 1. The number of aliphatic hydroxyl groups is 1. The molecule has 0 aliphatic carbocycles. The van der Waals surface area contributed by atoms with Gasteiger partial charge in [-0.25, -0.2) is 0 Å². The minimum Gasteiger partial charge on any atom is -0.385 e. The zero-order valence-corrected chi connectivity index (χ0v) is 12.2. The van der Waals surface area contributed by atoms with Crippen molar-refractivity contribution in [1.29, 1.82) is 0 Å². The van der Waals surface area contributed by atoms with E-state index in [0.717, 1.165) is 15.6 Å². The van der Waals surface area contributed by atoms with E-state index in [1.54, 1.807) is 0 Å². The van der Waals surface area contributed by atoms with Gasteiger partial charge in [0, 0.05) is 10.9 Å². The number of aryl methyl sites for hydroxylation is 1. The van der Waals surface area contributed by atoms with E-state index >= 15 is 0 Å². The second-order valence-corrected chi connectivity index (χ2v) is 5.77. The summed E-state index contributed by atoms with van der Waals surface area (Å²) in [5, 5.41) is 10.7. The molecule has 0 amide bonds. The van der Waals surface area contributed by atoms with Gasteiger partial charge in [-0.3, -0.25) is 0 Å². The summed E-state index contributed by atoms with van der Waals surface area (Å²) in [5.74, 6) is 0. The molecule has 0 spiro atoms. The van der Waals surface area contributed by atoms with E-state index in [1.165, 1.54) is 5.56 Å². The van der Waals surface area contributed by atoms with Crippen LogP contribution in [0.15, 0.2) is 53.0 Å². The molecular weight excluding hydrogens is 288 g/mol. The fraction of sp³-hybridized carbons (Fsp3) is 0.250. The fourth-order valence-electron chi connectivity index (χ4n) is 2.10.